The van der Waals surface area contributed by atoms with Gasteiger partial charge in [0.15, 0.2) is 6.10 Å². The van der Waals surface area contributed by atoms with Gasteiger partial charge in [0, 0.05) is 5.69 Å². The van der Waals surface area contributed by atoms with Gasteiger partial charge < -0.3 is 10.1 Å². The fourth-order valence-electron chi connectivity index (χ4n) is 2.74. The molecule has 0 bridgehead atoms. The number of anilines is 1. The normalized spacial score (nSPS) is 13.0. The van der Waals surface area contributed by atoms with Gasteiger partial charge in [0.25, 0.3) is 5.91 Å². The van der Waals surface area contributed by atoms with E-state index < -0.39 is 12.1 Å². The molecule has 4 nitrogen and oxygen atoms in total. The number of nitrogens with one attached hydrogen (secondary N) is 1. The lowest BCUT2D eigenvalue weighted by Gasteiger charge is -2.18. The number of carbonyl (C=O) groups is 2. The average molecular weight is 353 g/mol. The molecule has 0 fully saturated rings. The molecule has 0 unspecified atom stereocenters. The molecule has 0 aromatic heterocycles. The summed E-state index contributed by atoms with van der Waals surface area (Å²) in [4.78, 5) is 24.9. The summed E-state index contributed by atoms with van der Waals surface area (Å²) in [5.74, 6) is -0.484. The number of carbonyl (C=O) groups excluding carboxylic acids is 2. The van der Waals surface area contributed by atoms with Crippen LogP contribution >= 0.6 is 0 Å². The van der Waals surface area contributed by atoms with E-state index in [0.29, 0.717) is 11.5 Å². The molecule has 0 aliphatic rings. The van der Waals surface area contributed by atoms with Crippen molar-refractivity contribution < 1.29 is 14.3 Å². The molecule has 1 amide bonds. The number of para-hydroxylation sites is 1. The molecular weight excluding hydrogens is 326 g/mol. The van der Waals surface area contributed by atoms with Crippen molar-refractivity contribution in [2.75, 3.05) is 5.32 Å². The molecule has 2 aromatic rings. The third-order valence-electron chi connectivity index (χ3n) is 4.84. The zero-order chi connectivity index (χ0) is 19.3. The second kappa shape index (κ2) is 8.65. The predicted octanol–water partition coefficient (Wildman–Crippen LogP) is 5.00. The number of rotatable bonds is 6. The van der Waals surface area contributed by atoms with Gasteiger partial charge in [0.1, 0.15) is 0 Å². The first-order valence-electron chi connectivity index (χ1n) is 9.02. The number of amides is 1. The number of esters is 1. The van der Waals surface area contributed by atoms with E-state index in [4.69, 9.17) is 4.74 Å². The lowest BCUT2D eigenvalue weighted by Crippen LogP contribution is -2.30. The molecule has 138 valence electrons. The van der Waals surface area contributed by atoms with E-state index in [-0.39, 0.29) is 5.91 Å². The van der Waals surface area contributed by atoms with Gasteiger partial charge in [-0.2, -0.15) is 0 Å². The van der Waals surface area contributed by atoms with Gasteiger partial charge in [-0.15, -0.1) is 0 Å². The van der Waals surface area contributed by atoms with Crippen LogP contribution in [0.2, 0.25) is 0 Å². The lowest BCUT2D eigenvalue weighted by atomic mass is 9.97. The van der Waals surface area contributed by atoms with E-state index in [1.807, 2.05) is 50.2 Å². The number of hydrogen-bond donors (Lipinski definition) is 1. The van der Waals surface area contributed by atoms with Crippen LogP contribution in [0, 0.1) is 13.8 Å². The Hall–Kier alpha value is -2.62. The topological polar surface area (TPSA) is 55.4 Å². The Morgan fingerprint density at radius 3 is 2.42 bits per heavy atom. The van der Waals surface area contributed by atoms with Crippen molar-refractivity contribution in [1.82, 2.24) is 0 Å². The van der Waals surface area contributed by atoms with Gasteiger partial charge in [0.2, 0.25) is 0 Å². The minimum atomic E-state index is -0.882. The van der Waals surface area contributed by atoms with E-state index in [1.165, 1.54) is 0 Å². The van der Waals surface area contributed by atoms with Gasteiger partial charge in [-0.25, -0.2) is 4.79 Å². The van der Waals surface area contributed by atoms with Crippen molar-refractivity contribution in [3.8, 4) is 0 Å². The Balaban J connectivity index is 2.09. The maximum Gasteiger partial charge on any atom is 0.339 e. The summed E-state index contributed by atoms with van der Waals surface area (Å²) in [6, 6.07) is 13.2. The van der Waals surface area contributed by atoms with Crippen molar-refractivity contribution in [3.05, 3.63) is 64.7 Å². The average Bonchev–Trinajstić information content (AvgIpc) is 2.63. The molecule has 0 aliphatic carbocycles. The van der Waals surface area contributed by atoms with Gasteiger partial charge in [-0.1, -0.05) is 44.2 Å². The third kappa shape index (κ3) is 4.51. The number of ether oxygens (including phenoxy) is 1. The summed E-state index contributed by atoms with van der Waals surface area (Å²) in [5.41, 5.74) is 4.22. The quantitative estimate of drug-likeness (QED) is 0.744. The van der Waals surface area contributed by atoms with Gasteiger partial charge in [0.05, 0.1) is 5.56 Å². The summed E-state index contributed by atoms with van der Waals surface area (Å²) in [6.07, 6.45) is 0.0942. The molecule has 4 heteroatoms. The van der Waals surface area contributed by atoms with Gasteiger partial charge in [-0.3, -0.25) is 4.79 Å². The van der Waals surface area contributed by atoms with E-state index in [0.717, 1.165) is 28.8 Å². The first-order chi connectivity index (χ1) is 12.3. The Morgan fingerprint density at radius 2 is 1.73 bits per heavy atom. The molecule has 2 aromatic carbocycles. The summed E-state index contributed by atoms with van der Waals surface area (Å²) in [7, 11) is 0. The van der Waals surface area contributed by atoms with E-state index in [2.05, 4.69) is 19.2 Å². The smallest absolute Gasteiger partial charge is 0.339 e. The Morgan fingerprint density at radius 1 is 1.04 bits per heavy atom. The van der Waals surface area contributed by atoms with Crippen LogP contribution in [-0.2, 0) is 9.53 Å². The molecule has 1 N–H and O–H groups in total. The highest BCUT2D eigenvalue weighted by atomic mass is 16.5. The predicted molar refractivity (Wildman–Crippen MR) is 105 cm³/mol. The highest BCUT2D eigenvalue weighted by Crippen LogP contribution is 2.26. The molecular formula is C22H27NO3. The van der Waals surface area contributed by atoms with Crippen molar-refractivity contribution in [1.29, 1.82) is 0 Å². The number of benzene rings is 2. The largest absolute Gasteiger partial charge is 0.449 e. The molecule has 0 heterocycles. The minimum absolute atomic E-state index is 0.333. The summed E-state index contributed by atoms with van der Waals surface area (Å²) < 4.78 is 5.38. The first kappa shape index (κ1) is 19.7. The van der Waals surface area contributed by atoms with Crippen molar-refractivity contribution in [3.63, 3.8) is 0 Å². The van der Waals surface area contributed by atoms with Crippen molar-refractivity contribution in [2.45, 2.75) is 53.1 Å². The van der Waals surface area contributed by atoms with Gasteiger partial charge >= 0.3 is 5.97 Å². The van der Waals surface area contributed by atoms with Crippen LogP contribution in [0.5, 0.6) is 0 Å². The third-order valence-corrected chi connectivity index (χ3v) is 4.84. The van der Waals surface area contributed by atoms with Crippen LogP contribution in [0.25, 0.3) is 0 Å². The molecule has 2 rings (SSSR count). The Kier molecular flexibility index (Phi) is 6.56. The van der Waals surface area contributed by atoms with Crippen LogP contribution in [0.3, 0.4) is 0 Å². The zero-order valence-corrected chi connectivity index (χ0v) is 16.1. The lowest BCUT2D eigenvalue weighted by molar-refractivity contribution is -0.123. The molecule has 0 radical (unpaired) electrons. The van der Waals surface area contributed by atoms with E-state index >= 15 is 0 Å². The highest BCUT2D eigenvalue weighted by Gasteiger charge is 2.21. The SMILES string of the molecule is CC[C@@H](C)c1ccccc1NC(=O)[C@@H](C)OC(=O)c1cccc(C)c1C. The molecule has 0 aliphatic heterocycles. The second-order valence-corrected chi connectivity index (χ2v) is 6.68. The fourth-order valence-corrected chi connectivity index (χ4v) is 2.74. The maximum absolute atomic E-state index is 12.5. The minimum Gasteiger partial charge on any atom is -0.449 e. The van der Waals surface area contributed by atoms with E-state index in [9.17, 15) is 9.59 Å². The van der Waals surface area contributed by atoms with Crippen molar-refractivity contribution in [2.24, 2.45) is 0 Å². The summed E-state index contributed by atoms with van der Waals surface area (Å²) in [5, 5.41) is 2.89. The monoisotopic (exact) mass is 353 g/mol. The van der Waals surface area contributed by atoms with Crippen LogP contribution in [0.15, 0.2) is 42.5 Å². The van der Waals surface area contributed by atoms with Crippen LogP contribution in [0.4, 0.5) is 5.69 Å². The number of hydrogen-bond acceptors (Lipinski definition) is 3. The molecule has 0 saturated heterocycles. The Bertz CT molecular complexity index is 798. The van der Waals surface area contributed by atoms with Crippen molar-refractivity contribution >= 4 is 17.6 Å². The first-order valence-corrected chi connectivity index (χ1v) is 9.02. The molecule has 26 heavy (non-hydrogen) atoms. The van der Waals surface area contributed by atoms with Crippen LogP contribution < -0.4 is 5.32 Å². The Labute approximate surface area is 155 Å². The summed E-state index contributed by atoms with van der Waals surface area (Å²) >= 11 is 0. The number of aryl methyl sites for hydroxylation is 1. The van der Waals surface area contributed by atoms with Gasteiger partial charge in [-0.05, 0) is 61.9 Å². The maximum atomic E-state index is 12.5. The molecule has 0 saturated carbocycles. The standard InChI is InChI=1S/C22H27NO3/c1-6-14(2)18-11-7-8-13-20(18)23-21(24)17(5)26-22(25)19-12-9-10-15(3)16(19)4/h7-14,17H,6H2,1-5H3,(H,23,24)/t14-,17-/m1/s1. The second-order valence-electron chi connectivity index (χ2n) is 6.68. The molecule has 0 spiro atoms. The molecule has 2 atom stereocenters. The summed E-state index contributed by atoms with van der Waals surface area (Å²) in [6.45, 7) is 9.63. The fraction of sp³-hybridized carbons (Fsp3) is 0.364. The van der Waals surface area contributed by atoms with E-state index in [1.54, 1.807) is 13.0 Å². The van der Waals surface area contributed by atoms with Crippen LogP contribution in [-0.4, -0.2) is 18.0 Å². The highest BCUT2D eigenvalue weighted by molar-refractivity contribution is 5.98. The van der Waals surface area contributed by atoms with Crippen LogP contribution in [0.1, 0.15) is 60.2 Å². The zero-order valence-electron chi connectivity index (χ0n) is 16.1.